The Bertz CT molecular complexity index is 530. The van der Waals surface area contributed by atoms with Crippen molar-refractivity contribution in [2.24, 2.45) is 5.92 Å². The molecule has 0 radical (unpaired) electrons. The number of nitrogens with one attached hydrogen (secondary N) is 1. The average Bonchev–Trinajstić information content (AvgIpc) is 2.61. The van der Waals surface area contributed by atoms with E-state index in [2.05, 4.69) is 4.98 Å². The zero-order valence-electron chi connectivity index (χ0n) is 9.38. The molecule has 3 heteroatoms. The SMILES string of the molecule is CC(=O)[C@@H](C)Cc1c[nH]c2ccc(F)cc12. The van der Waals surface area contributed by atoms with E-state index in [0.29, 0.717) is 6.42 Å². The number of Topliss-reactive ketones (excluding diaryl/α,β-unsaturated/α-hetero) is 1. The first-order valence-electron chi connectivity index (χ1n) is 5.34. The summed E-state index contributed by atoms with van der Waals surface area (Å²) >= 11 is 0. The quantitative estimate of drug-likeness (QED) is 0.845. The van der Waals surface area contributed by atoms with E-state index in [1.807, 2.05) is 13.1 Å². The summed E-state index contributed by atoms with van der Waals surface area (Å²) in [4.78, 5) is 14.3. The van der Waals surface area contributed by atoms with Crippen LogP contribution in [0, 0.1) is 11.7 Å². The number of rotatable bonds is 3. The number of H-pyrrole nitrogens is 1. The lowest BCUT2D eigenvalue weighted by Gasteiger charge is -2.05. The number of hydrogen-bond donors (Lipinski definition) is 1. The molecular weight excluding hydrogens is 205 g/mol. The van der Waals surface area contributed by atoms with E-state index in [1.54, 1.807) is 13.0 Å². The van der Waals surface area contributed by atoms with Crippen molar-refractivity contribution in [3.8, 4) is 0 Å². The molecule has 0 aliphatic rings. The molecule has 1 heterocycles. The third-order valence-electron chi connectivity index (χ3n) is 2.95. The van der Waals surface area contributed by atoms with Crippen molar-refractivity contribution in [2.75, 3.05) is 0 Å². The van der Waals surface area contributed by atoms with Gasteiger partial charge in [0.25, 0.3) is 0 Å². The Morgan fingerprint density at radius 3 is 2.94 bits per heavy atom. The lowest BCUT2D eigenvalue weighted by atomic mass is 9.98. The van der Waals surface area contributed by atoms with E-state index in [1.165, 1.54) is 12.1 Å². The summed E-state index contributed by atoms with van der Waals surface area (Å²) in [5.41, 5.74) is 1.91. The minimum absolute atomic E-state index is 0.0257. The molecule has 1 aromatic carbocycles. The van der Waals surface area contributed by atoms with Gasteiger partial charge in [0.05, 0.1) is 0 Å². The lowest BCUT2D eigenvalue weighted by molar-refractivity contribution is -0.120. The average molecular weight is 219 g/mol. The number of fused-ring (bicyclic) bond motifs is 1. The summed E-state index contributed by atoms with van der Waals surface area (Å²) in [6.45, 7) is 3.47. The molecule has 2 nitrogen and oxygen atoms in total. The van der Waals surface area contributed by atoms with Crippen molar-refractivity contribution in [3.05, 3.63) is 35.8 Å². The fourth-order valence-electron chi connectivity index (χ4n) is 1.79. The molecule has 0 bridgehead atoms. The van der Waals surface area contributed by atoms with Crippen LogP contribution in [0.3, 0.4) is 0 Å². The molecule has 0 amide bonds. The molecule has 0 aliphatic carbocycles. The highest BCUT2D eigenvalue weighted by atomic mass is 19.1. The van der Waals surface area contributed by atoms with Gasteiger partial charge in [-0.3, -0.25) is 4.79 Å². The van der Waals surface area contributed by atoms with Gasteiger partial charge in [-0.05, 0) is 37.1 Å². The number of halogens is 1. The van der Waals surface area contributed by atoms with Gasteiger partial charge in [-0.15, -0.1) is 0 Å². The molecule has 1 atom stereocenters. The summed E-state index contributed by atoms with van der Waals surface area (Å²) in [5, 5.41) is 0.869. The maximum atomic E-state index is 13.1. The number of hydrogen-bond acceptors (Lipinski definition) is 1. The van der Waals surface area contributed by atoms with Gasteiger partial charge in [-0.25, -0.2) is 4.39 Å². The molecule has 0 unspecified atom stereocenters. The van der Waals surface area contributed by atoms with Crippen LogP contribution < -0.4 is 0 Å². The molecule has 0 saturated carbocycles. The van der Waals surface area contributed by atoms with Gasteiger partial charge in [0.2, 0.25) is 0 Å². The minimum Gasteiger partial charge on any atom is -0.361 e. The van der Waals surface area contributed by atoms with Gasteiger partial charge in [0.15, 0.2) is 0 Å². The van der Waals surface area contributed by atoms with E-state index in [4.69, 9.17) is 0 Å². The smallest absolute Gasteiger partial charge is 0.132 e. The van der Waals surface area contributed by atoms with Gasteiger partial charge in [-0.1, -0.05) is 6.92 Å². The molecule has 2 rings (SSSR count). The molecule has 2 aromatic rings. The number of ketones is 1. The van der Waals surface area contributed by atoms with Crippen molar-refractivity contribution < 1.29 is 9.18 Å². The highest BCUT2D eigenvalue weighted by molar-refractivity contribution is 5.84. The molecule has 0 spiro atoms. The summed E-state index contributed by atoms with van der Waals surface area (Å²) in [6, 6.07) is 4.65. The van der Waals surface area contributed by atoms with Crippen molar-refractivity contribution >= 4 is 16.7 Å². The Balaban J connectivity index is 2.37. The van der Waals surface area contributed by atoms with E-state index in [9.17, 15) is 9.18 Å². The monoisotopic (exact) mass is 219 g/mol. The van der Waals surface area contributed by atoms with E-state index < -0.39 is 0 Å². The van der Waals surface area contributed by atoms with Crippen molar-refractivity contribution in [1.82, 2.24) is 4.98 Å². The van der Waals surface area contributed by atoms with Crippen LogP contribution in [0.1, 0.15) is 19.4 Å². The van der Waals surface area contributed by atoms with Gasteiger partial charge in [0.1, 0.15) is 11.6 Å². The molecule has 1 aromatic heterocycles. The molecule has 16 heavy (non-hydrogen) atoms. The maximum Gasteiger partial charge on any atom is 0.132 e. The minimum atomic E-state index is -0.246. The fraction of sp³-hybridized carbons (Fsp3) is 0.308. The molecule has 84 valence electrons. The van der Waals surface area contributed by atoms with Gasteiger partial charge < -0.3 is 4.98 Å². The Labute approximate surface area is 93.5 Å². The summed E-state index contributed by atoms with van der Waals surface area (Å²) < 4.78 is 13.1. The molecule has 0 fully saturated rings. The first-order valence-corrected chi connectivity index (χ1v) is 5.34. The van der Waals surface area contributed by atoms with Crippen molar-refractivity contribution in [1.29, 1.82) is 0 Å². The normalized spacial score (nSPS) is 12.9. The second-order valence-corrected chi connectivity index (χ2v) is 4.22. The summed E-state index contributed by atoms with van der Waals surface area (Å²) in [7, 11) is 0. The Hall–Kier alpha value is -1.64. The maximum absolute atomic E-state index is 13.1. The van der Waals surface area contributed by atoms with E-state index in [0.717, 1.165) is 16.5 Å². The topological polar surface area (TPSA) is 32.9 Å². The number of benzene rings is 1. The Morgan fingerprint density at radius 2 is 2.25 bits per heavy atom. The molecule has 0 aliphatic heterocycles. The highest BCUT2D eigenvalue weighted by Gasteiger charge is 2.12. The van der Waals surface area contributed by atoms with Crippen LogP contribution in [0.15, 0.2) is 24.4 Å². The van der Waals surface area contributed by atoms with Crippen LogP contribution in [0.25, 0.3) is 10.9 Å². The zero-order chi connectivity index (χ0) is 11.7. The first-order chi connectivity index (χ1) is 7.58. The third-order valence-corrected chi connectivity index (χ3v) is 2.95. The van der Waals surface area contributed by atoms with Gasteiger partial charge >= 0.3 is 0 Å². The number of aromatic amines is 1. The largest absolute Gasteiger partial charge is 0.361 e. The number of carbonyl (C=O) groups excluding carboxylic acids is 1. The fourth-order valence-corrected chi connectivity index (χ4v) is 1.79. The van der Waals surface area contributed by atoms with Crippen LogP contribution in [0.4, 0.5) is 4.39 Å². The van der Waals surface area contributed by atoms with Crippen molar-refractivity contribution in [3.63, 3.8) is 0 Å². The van der Waals surface area contributed by atoms with Crippen LogP contribution in [-0.2, 0) is 11.2 Å². The van der Waals surface area contributed by atoms with Gasteiger partial charge in [0, 0.05) is 23.0 Å². The van der Waals surface area contributed by atoms with Crippen LogP contribution in [0.5, 0.6) is 0 Å². The van der Waals surface area contributed by atoms with Gasteiger partial charge in [-0.2, -0.15) is 0 Å². The van der Waals surface area contributed by atoms with E-state index in [-0.39, 0.29) is 17.5 Å². The summed E-state index contributed by atoms with van der Waals surface area (Å²) in [5.74, 6) is -0.114. The zero-order valence-corrected chi connectivity index (χ0v) is 9.38. The predicted molar refractivity (Wildman–Crippen MR) is 61.8 cm³/mol. The number of carbonyl (C=O) groups is 1. The lowest BCUT2D eigenvalue weighted by Crippen LogP contribution is -2.09. The Kier molecular flexibility index (Phi) is 2.77. The van der Waals surface area contributed by atoms with Crippen molar-refractivity contribution in [2.45, 2.75) is 20.3 Å². The second kappa shape index (κ2) is 4.08. The van der Waals surface area contributed by atoms with Crippen LogP contribution >= 0.6 is 0 Å². The van der Waals surface area contributed by atoms with Crippen LogP contribution in [-0.4, -0.2) is 10.8 Å². The standard InChI is InChI=1S/C13H14FNO/c1-8(9(2)16)5-10-7-15-13-4-3-11(14)6-12(10)13/h3-4,6-8,15H,5H2,1-2H3/t8-/m0/s1. The summed E-state index contributed by atoms with van der Waals surface area (Å²) in [6.07, 6.45) is 2.50. The Morgan fingerprint density at radius 1 is 1.50 bits per heavy atom. The third kappa shape index (κ3) is 1.98. The van der Waals surface area contributed by atoms with E-state index >= 15 is 0 Å². The molecule has 1 N–H and O–H groups in total. The number of aromatic nitrogens is 1. The predicted octanol–water partition coefficient (Wildman–Crippen LogP) is 3.07. The molecular formula is C13H14FNO. The van der Waals surface area contributed by atoms with Crippen LogP contribution in [0.2, 0.25) is 0 Å². The molecule has 0 saturated heterocycles. The first kappa shape index (κ1) is 10.9. The second-order valence-electron chi connectivity index (χ2n) is 4.22. The highest BCUT2D eigenvalue weighted by Crippen LogP contribution is 2.22.